The average molecular weight is 1500 g/mol. The normalized spacial score (nSPS) is 12.0. The van der Waals surface area contributed by atoms with E-state index in [1.54, 1.807) is 27.8 Å². The first-order chi connectivity index (χ1) is 46.7. The number of esters is 1. The molecule has 1 aliphatic rings. The van der Waals surface area contributed by atoms with Crippen LogP contribution in [0, 0.1) is 20.8 Å². The quantitative estimate of drug-likeness (QED) is 0.0182. The van der Waals surface area contributed by atoms with Gasteiger partial charge in [0.1, 0.15) is 18.8 Å². The average Bonchev–Trinajstić information content (AvgIpc) is 1.62. The van der Waals surface area contributed by atoms with Gasteiger partial charge in [-0.25, -0.2) is 35.2 Å². The van der Waals surface area contributed by atoms with Gasteiger partial charge in [-0.3, -0.25) is 48.3 Å². The molecule has 1 unspecified atom stereocenters. The number of carbonyl (C=O) groups is 8. The molecule has 0 aromatic heterocycles. The Bertz CT molecular complexity index is 3800. The predicted octanol–water partition coefficient (Wildman–Crippen LogP) is 5.29. The predicted molar refractivity (Wildman–Crippen MR) is 390 cm³/mol. The van der Waals surface area contributed by atoms with E-state index in [2.05, 4.69) is 60.8 Å². The number of nitrogens with one attached hydrogen (secondary N) is 9. The summed E-state index contributed by atoms with van der Waals surface area (Å²) in [5.41, 5.74) is 9.93. The molecule has 5 aromatic carbocycles. The van der Waals surface area contributed by atoms with Gasteiger partial charge in [0, 0.05) is 65.4 Å². The minimum Gasteiger partial charge on any atom is -0.459 e. The van der Waals surface area contributed by atoms with Crippen LogP contribution in [-0.2, 0) is 116 Å². The van der Waals surface area contributed by atoms with Crippen LogP contribution in [0.3, 0.4) is 0 Å². The molecular formula is C66H90N10O16P2S5. The number of sulfonamides is 3. The largest absolute Gasteiger partial charge is 0.459 e. The second-order valence-corrected chi connectivity index (χ2v) is 33.3. The van der Waals surface area contributed by atoms with E-state index >= 15 is 0 Å². The number of Topliss-reactive ketones (excluding diaryl/α,β-unsaturated/α-hetero) is 1. The summed E-state index contributed by atoms with van der Waals surface area (Å²) in [5.74, 6) is -4.38. The van der Waals surface area contributed by atoms with Crippen molar-refractivity contribution in [1.29, 1.82) is 0 Å². The molecule has 0 radical (unpaired) electrons. The maximum absolute atomic E-state index is 12.5. The Morgan fingerprint density at radius 2 is 0.919 bits per heavy atom. The van der Waals surface area contributed by atoms with E-state index in [-0.39, 0.29) is 99.9 Å². The number of primary sulfonamides is 1. The van der Waals surface area contributed by atoms with Crippen LogP contribution in [0.25, 0.3) is 11.1 Å². The molecule has 0 heterocycles. The second kappa shape index (κ2) is 44.7. The number of nitrogens with two attached hydrogens (primary N) is 1. The highest BCUT2D eigenvalue weighted by Crippen LogP contribution is 2.44. The first-order valence-corrected chi connectivity index (χ1v) is 40.9. The van der Waals surface area contributed by atoms with E-state index < -0.39 is 90.2 Å². The van der Waals surface area contributed by atoms with Gasteiger partial charge in [-0.05, 0) is 130 Å². The molecule has 1 aliphatic carbocycles. The molecule has 0 bridgehead atoms. The van der Waals surface area contributed by atoms with Gasteiger partial charge in [0.25, 0.3) is 5.91 Å². The Kier molecular flexibility index (Phi) is 38.7. The van der Waals surface area contributed by atoms with E-state index in [0.29, 0.717) is 19.6 Å². The van der Waals surface area contributed by atoms with Crippen LogP contribution < -0.4 is 51.8 Å². The Balaban J connectivity index is 0.000000398. The molecule has 0 aliphatic heterocycles. The van der Waals surface area contributed by atoms with Gasteiger partial charge in [0.2, 0.25) is 53.7 Å². The molecule has 1 atom stereocenters. The summed E-state index contributed by atoms with van der Waals surface area (Å²) in [7, 11) is -7.98. The van der Waals surface area contributed by atoms with E-state index in [9.17, 15) is 63.6 Å². The van der Waals surface area contributed by atoms with Crippen LogP contribution >= 0.6 is 14.1 Å². The zero-order valence-corrected chi connectivity index (χ0v) is 62.3. The van der Waals surface area contributed by atoms with Crippen molar-refractivity contribution in [3.8, 4) is 11.1 Å². The molecule has 99 heavy (non-hydrogen) atoms. The monoisotopic (exact) mass is 1500 g/mol. The van der Waals surface area contributed by atoms with Gasteiger partial charge in [-0.2, -0.15) is 0 Å². The van der Waals surface area contributed by atoms with Crippen LogP contribution in [0.1, 0.15) is 110 Å². The van der Waals surface area contributed by atoms with Gasteiger partial charge in [0.05, 0.1) is 42.9 Å². The number of aryl methyl sites for hydroxylation is 3. The van der Waals surface area contributed by atoms with Crippen molar-refractivity contribution < 1.29 is 73.1 Å². The highest BCUT2D eigenvalue weighted by atomic mass is 32.7. The van der Waals surface area contributed by atoms with E-state index in [1.807, 2.05) is 152 Å². The number of ether oxygens (including phenoxy) is 2. The Labute approximate surface area is 594 Å². The van der Waals surface area contributed by atoms with Crippen molar-refractivity contribution in [2.75, 3.05) is 63.6 Å². The zero-order valence-electron chi connectivity index (χ0n) is 56.5. The fraction of sp³-hybridized carbons (Fsp3) is 0.424. The number of benzene rings is 5. The van der Waals surface area contributed by atoms with E-state index in [0.717, 1.165) is 64.2 Å². The first kappa shape index (κ1) is 85.8. The van der Waals surface area contributed by atoms with Crippen molar-refractivity contribution in [2.45, 2.75) is 117 Å². The maximum Gasteiger partial charge on any atom is 0.407 e. The minimum absolute atomic E-state index is 0.00103. The molecule has 0 fully saturated rings. The van der Waals surface area contributed by atoms with Gasteiger partial charge < -0.3 is 41.4 Å². The number of rotatable bonds is 35. The lowest BCUT2D eigenvalue weighted by Gasteiger charge is -2.21. The number of alkyl carbamates (subject to hydrolysis) is 1. The Hall–Kier alpha value is -7.41. The fourth-order valence-corrected chi connectivity index (χ4v) is 11.7. The van der Waals surface area contributed by atoms with Crippen LogP contribution in [-0.4, -0.2) is 148 Å². The highest BCUT2D eigenvalue weighted by Gasteiger charge is 2.30. The summed E-state index contributed by atoms with van der Waals surface area (Å²) < 4.78 is 84.4. The van der Waals surface area contributed by atoms with Gasteiger partial charge in [-0.1, -0.05) is 138 Å². The van der Waals surface area contributed by atoms with Crippen molar-refractivity contribution in [3.05, 3.63) is 166 Å². The van der Waals surface area contributed by atoms with Crippen molar-refractivity contribution >= 4 is 115 Å². The van der Waals surface area contributed by atoms with Crippen LogP contribution in [0.4, 0.5) is 4.79 Å². The fourth-order valence-electron chi connectivity index (χ4n) is 9.10. The molecule has 5 aromatic rings. The molecule has 0 saturated carbocycles. The number of likely N-dealkylation sites (N-methyl/N-ethyl adjacent to an activating group) is 1. The van der Waals surface area contributed by atoms with Crippen LogP contribution in [0.5, 0.6) is 0 Å². The molecule has 0 saturated heterocycles. The molecule has 0 spiro atoms. The minimum atomic E-state index is -3.96. The van der Waals surface area contributed by atoms with Crippen molar-refractivity contribution in [1.82, 2.24) is 46.7 Å². The number of hydrogen-bond acceptors (Lipinski definition) is 21. The molecule has 6 amide bonds. The number of amides is 6. The maximum atomic E-state index is 12.5. The van der Waals surface area contributed by atoms with Crippen molar-refractivity contribution in [3.63, 3.8) is 0 Å². The van der Waals surface area contributed by atoms with Gasteiger partial charge in [-0.15, -0.1) is 0 Å². The summed E-state index contributed by atoms with van der Waals surface area (Å²) in [6.45, 7) is 11.3. The van der Waals surface area contributed by atoms with Gasteiger partial charge in [0.15, 0.2) is 5.78 Å². The Morgan fingerprint density at radius 3 is 1.30 bits per heavy atom. The summed E-state index contributed by atoms with van der Waals surface area (Å²) in [6, 6.07) is 38.3. The van der Waals surface area contributed by atoms with Crippen LogP contribution in [0.2, 0.25) is 0 Å². The SMILES string of the molecule is CNCC(NCC(=O)OC(C)(C)C)C(=O)CNCC(=O)NS(=O)(=O)CCCC(=O)NCc1ccc(C)cc1.Cc1ccc(CNC(=O)CCCS(=O)(=O)NC(=O)CNC(=O)OCC2c3ccccc3-c3ccccc32)cc1.Cc1ccc(CNC(=O)CCCS(N)(=O)=O)cc1.S=PP=S. The zero-order chi connectivity index (χ0) is 73.6. The summed E-state index contributed by atoms with van der Waals surface area (Å²) in [6.07, 6.45) is -0.322. The first-order valence-electron chi connectivity index (χ1n) is 31.3. The smallest absolute Gasteiger partial charge is 0.407 e. The summed E-state index contributed by atoms with van der Waals surface area (Å²) in [4.78, 5) is 96.1. The number of ketones is 1. The van der Waals surface area contributed by atoms with E-state index in [1.165, 1.54) is 5.56 Å². The molecular weight excluding hydrogens is 1410 g/mol. The third-order valence-corrected chi connectivity index (χ3v) is 20.2. The van der Waals surface area contributed by atoms with E-state index in [4.69, 9.17) is 14.6 Å². The molecule has 33 heteroatoms. The molecule has 6 rings (SSSR count). The van der Waals surface area contributed by atoms with Gasteiger partial charge >= 0.3 is 12.1 Å². The Morgan fingerprint density at radius 1 is 0.525 bits per heavy atom. The third kappa shape index (κ3) is 38.1. The second-order valence-electron chi connectivity index (χ2n) is 23.6. The highest BCUT2D eigenvalue weighted by molar-refractivity contribution is 8.40. The summed E-state index contributed by atoms with van der Waals surface area (Å²) >= 11 is 8.82. The molecule has 540 valence electrons. The lowest BCUT2D eigenvalue weighted by atomic mass is 9.98. The number of carbonyl (C=O) groups excluding carboxylic acids is 8. The number of fused-ring (bicyclic) bond motifs is 3. The lowest BCUT2D eigenvalue weighted by Crippen LogP contribution is -2.50. The molecule has 11 N–H and O–H groups in total. The van der Waals surface area contributed by atoms with Crippen molar-refractivity contribution in [2.24, 2.45) is 5.14 Å². The standard InChI is InChI=1S/C29H31N3O6S.C25H41N5O7S.C12H18N2O3S.P2S2/c1-20-12-14-21(15-13-20)17-30-27(33)11-6-16-39(36,37)32-28(34)18-31-29(35)38-19-26-24-9-4-2-7-22(24)23-8-3-5-10-25(23)26;1-18-8-10-19(11-9-18)13-29-22(32)7-6-12-38(35,36)30-23(33)16-27-15-21(31)20(14-26-5)28-17-24(34)37-25(2,3)4;1-10-4-6-11(7-5-10)9-14-12(15)3-2-8-18(13,16)17;3-1-2-4/h2-5,7-10,12-15,26H,6,11,16-19H2,1H3,(H,30,33)(H,31,35)(H,32,34);8-11,20,26-28H,6-7,12-17H2,1-5H3,(H,29,32)(H,30,33);4-7H,2-3,8-9H2,1H3,(H,14,15)(H2,13,16,17);. The topological polar surface area (TPSA) is 392 Å². The molecule has 26 nitrogen and oxygen atoms in total. The summed E-state index contributed by atoms with van der Waals surface area (Å²) in [5, 5.41) is 23.6. The number of hydrogen-bond donors (Lipinski definition) is 10. The van der Waals surface area contributed by atoms with Crippen LogP contribution in [0.15, 0.2) is 121 Å². The lowest BCUT2D eigenvalue weighted by molar-refractivity contribution is -0.153. The third-order valence-electron chi connectivity index (χ3n) is 13.9.